The molecule has 0 aliphatic rings. The number of hydrogen-bond acceptors (Lipinski definition) is 2. The molecule has 0 fully saturated rings. The monoisotopic (exact) mass is 222 g/mol. The Kier molecular flexibility index (Phi) is 7.04. The van der Waals surface area contributed by atoms with Gasteiger partial charge in [-0.25, -0.2) is 0 Å². The van der Waals surface area contributed by atoms with Gasteiger partial charge in [-0.2, -0.15) is 0 Å². The summed E-state index contributed by atoms with van der Waals surface area (Å²) in [6.07, 6.45) is 0. The van der Waals surface area contributed by atoms with Crippen LogP contribution >= 0.6 is 24.8 Å². The van der Waals surface area contributed by atoms with E-state index in [9.17, 15) is 0 Å². The second kappa shape index (κ2) is 6.08. The van der Waals surface area contributed by atoms with E-state index in [1.54, 1.807) is 0 Å². The minimum Gasteiger partial charge on any atom is -0.399 e. The topological polar surface area (TPSA) is 52.0 Å². The van der Waals surface area contributed by atoms with Gasteiger partial charge >= 0.3 is 0 Å². The number of benzene rings is 1. The molecule has 4 heteroatoms. The van der Waals surface area contributed by atoms with Crippen molar-refractivity contribution < 1.29 is 0 Å². The lowest BCUT2D eigenvalue weighted by molar-refractivity contribution is 0.818. The van der Waals surface area contributed by atoms with Crippen molar-refractivity contribution in [3.05, 3.63) is 29.3 Å². The van der Waals surface area contributed by atoms with E-state index >= 15 is 0 Å². The van der Waals surface area contributed by atoms with Crippen LogP contribution in [0.15, 0.2) is 18.2 Å². The number of nitrogen functional groups attached to an aromatic ring is 1. The van der Waals surface area contributed by atoms with Gasteiger partial charge in [0.25, 0.3) is 0 Å². The van der Waals surface area contributed by atoms with Crippen molar-refractivity contribution in [3.8, 4) is 0 Å². The lowest BCUT2D eigenvalue weighted by Gasteiger charge is -2.07. The Hall–Kier alpha value is -0.440. The second-order valence-electron chi connectivity index (χ2n) is 2.90. The molecule has 13 heavy (non-hydrogen) atoms. The fourth-order valence-electron chi connectivity index (χ4n) is 0.942. The van der Waals surface area contributed by atoms with Crippen LogP contribution in [0.4, 0.5) is 5.69 Å². The highest BCUT2D eigenvalue weighted by atomic mass is 35.5. The predicted molar refractivity (Wildman–Crippen MR) is 62.7 cm³/mol. The van der Waals surface area contributed by atoms with E-state index < -0.39 is 0 Å². The third-order valence-electron chi connectivity index (χ3n) is 1.83. The first-order chi connectivity index (χ1) is 5.11. The molecule has 1 rings (SSSR count). The molecule has 0 heterocycles. The minimum atomic E-state index is 0. The standard InChI is InChI=1S/C9H14N2.2ClH/c1-6-3-4-8(7(2)10)5-9(6)11;;/h3-5,7H,10-11H2,1-2H3;2*1H. The third-order valence-corrected chi connectivity index (χ3v) is 1.83. The Labute approximate surface area is 91.5 Å². The summed E-state index contributed by atoms with van der Waals surface area (Å²) in [5.74, 6) is 0. The maximum atomic E-state index is 5.70. The van der Waals surface area contributed by atoms with Gasteiger partial charge in [0, 0.05) is 11.7 Å². The second-order valence-corrected chi connectivity index (χ2v) is 2.90. The van der Waals surface area contributed by atoms with Crippen molar-refractivity contribution in [1.29, 1.82) is 0 Å². The highest BCUT2D eigenvalue weighted by Crippen LogP contribution is 2.16. The fraction of sp³-hybridized carbons (Fsp3) is 0.333. The SMILES string of the molecule is Cc1ccc(C(C)N)cc1N.Cl.Cl. The van der Waals surface area contributed by atoms with Gasteiger partial charge in [0.15, 0.2) is 0 Å². The van der Waals surface area contributed by atoms with Crippen molar-refractivity contribution in [2.75, 3.05) is 5.73 Å². The molecule has 1 aromatic carbocycles. The molecule has 2 nitrogen and oxygen atoms in total. The normalized spacial score (nSPS) is 11.0. The molecule has 0 spiro atoms. The van der Waals surface area contributed by atoms with Gasteiger partial charge in [-0.15, -0.1) is 24.8 Å². The van der Waals surface area contributed by atoms with Crippen LogP contribution in [0.5, 0.6) is 0 Å². The zero-order chi connectivity index (χ0) is 8.43. The average molecular weight is 223 g/mol. The van der Waals surface area contributed by atoms with Gasteiger partial charge in [-0.1, -0.05) is 12.1 Å². The summed E-state index contributed by atoms with van der Waals surface area (Å²) >= 11 is 0. The average Bonchev–Trinajstić information content (AvgIpc) is 1.94. The molecule has 1 unspecified atom stereocenters. The summed E-state index contributed by atoms with van der Waals surface area (Å²) in [4.78, 5) is 0. The molecule has 0 saturated heterocycles. The number of rotatable bonds is 1. The summed E-state index contributed by atoms with van der Waals surface area (Å²) in [5.41, 5.74) is 14.4. The molecule has 0 amide bonds. The van der Waals surface area contributed by atoms with Crippen LogP contribution in [-0.2, 0) is 0 Å². The van der Waals surface area contributed by atoms with Crippen LogP contribution in [0.2, 0.25) is 0 Å². The summed E-state index contributed by atoms with van der Waals surface area (Å²) < 4.78 is 0. The molecular formula is C9H16Cl2N2. The molecule has 0 radical (unpaired) electrons. The van der Waals surface area contributed by atoms with Crippen LogP contribution in [0.1, 0.15) is 24.1 Å². The van der Waals surface area contributed by atoms with E-state index in [0.29, 0.717) is 0 Å². The number of hydrogen-bond donors (Lipinski definition) is 2. The van der Waals surface area contributed by atoms with E-state index in [1.807, 2.05) is 32.0 Å². The van der Waals surface area contributed by atoms with E-state index in [-0.39, 0.29) is 30.9 Å². The molecule has 4 N–H and O–H groups in total. The third kappa shape index (κ3) is 3.85. The summed E-state index contributed by atoms with van der Waals surface area (Å²) in [6.45, 7) is 3.93. The quantitative estimate of drug-likeness (QED) is 0.718. The zero-order valence-electron chi connectivity index (χ0n) is 7.78. The smallest absolute Gasteiger partial charge is 0.0347 e. The lowest BCUT2D eigenvalue weighted by atomic mass is 10.1. The Morgan fingerprint density at radius 3 is 2.15 bits per heavy atom. The lowest BCUT2D eigenvalue weighted by Crippen LogP contribution is -2.05. The van der Waals surface area contributed by atoms with Crippen molar-refractivity contribution in [2.45, 2.75) is 19.9 Å². The van der Waals surface area contributed by atoms with Gasteiger partial charge in [-0.05, 0) is 31.0 Å². The van der Waals surface area contributed by atoms with E-state index in [2.05, 4.69) is 0 Å². The molecule has 76 valence electrons. The van der Waals surface area contributed by atoms with E-state index in [4.69, 9.17) is 11.5 Å². The first-order valence-electron chi connectivity index (χ1n) is 3.73. The highest BCUT2D eigenvalue weighted by molar-refractivity contribution is 5.85. The van der Waals surface area contributed by atoms with E-state index in [1.165, 1.54) is 0 Å². The Morgan fingerprint density at radius 2 is 1.77 bits per heavy atom. The van der Waals surface area contributed by atoms with Gasteiger partial charge in [-0.3, -0.25) is 0 Å². The maximum absolute atomic E-state index is 5.70. The van der Waals surface area contributed by atoms with Crippen LogP contribution in [-0.4, -0.2) is 0 Å². The summed E-state index contributed by atoms with van der Waals surface area (Å²) in [7, 11) is 0. The number of halogens is 2. The predicted octanol–water partition coefficient (Wildman–Crippen LogP) is 2.44. The van der Waals surface area contributed by atoms with Crippen molar-refractivity contribution in [3.63, 3.8) is 0 Å². The zero-order valence-corrected chi connectivity index (χ0v) is 9.41. The summed E-state index contributed by atoms with van der Waals surface area (Å²) in [5, 5.41) is 0. The highest BCUT2D eigenvalue weighted by Gasteiger charge is 1.99. The van der Waals surface area contributed by atoms with Gasteiger partial charge in [0.2, 0.25) is 0 Å². The molecule has 0 bridgehead atoms. The fourth-order valence-corrected chi connectivity index (χ4v) is 0.942. The molecule has 1 atom stereocenters. The number of aryl methyl sites for hydroxylation is 1. The molecule has 0 aromatic heterocycles. The van der Waals surface area contributed by atoms with Gasteiger partial charge in [0.05, 0.1) is 0 Å². The van der Waals surface area contributed by atoms with Crippen LogP contribution in [0.3, 0.4) is 0 Å². The van der Waals surface area contributed by atoms with Crippen molar-refractivity contribution >= 4 is 30.5 Å². The van der Waals surface area contributed by atoms with E-state index in [0.717, 1.165) is 16.8 Å². The van der Waals surface area contributed by atoms with Gasteiger partial charge < -0.3 is 11.5 Å². The van der Waals surface area contributed by atoms with Crippen molar-refractivity contribution in [1.82, 2.24) is 0 Å². The first-order valence-corrected chi connectivity index (χ1v) is 3.73. The molecule has 0 aliphatic carbocycles. The van der Waals surface area contributed by atoms with Gasteiger partial charge in [0.1, 0.15) is 0 Å². The number of anilines is 1. The molecule has 0 aliphatic heterocycles. The Balaban J connectivity index is 0. The van der Waals surface area contributed by atoms with Crippen LogP contribution < -0.4 is 11.5 Å². The number of nitrogens with two attached hydrogens (primary N) is 2. The first kappa shape index (κ1) is 15.1. The Bertz CT molecular complexity index is 262. The van der Waals surface area contributed by atoms with Crippen molar-refractivity contribution in [2.24, 2.45) is 5.73 Å². The van der Waals surface area contributed by atoms with Crippen LogP contribution in [0.25, 0.3) is 0 Å². The van der Waals surface area contributed by atoms with Crippen LogP contribution in [0, 0.1) is 6.92 Å². The Morgan fingerprint density at radius 1 is 1.23 bits per heavy atom. The minimum absolute atomic E-state index is 0. The molecular weight excluding hydrogens is 207 g/mol. The largest absolute Gasteiger partial charge is 0.399 e. The summed E-state index contributed by atoms with van der Waals surface area (Å²) in [6, 6.07) is 6.00. The molecule has 1 aromatic rings. The molecule has 0 saturated carbocycles. The maximum Gasteiger partial charge on any atom is 0.0347 e.